The molecule has 2 amide bonds. The zero-order valence-corrected chi connectivity index (χ0v) is 19.8. The molecule has 1 aliphatic heterocycles. The molecule has 3 aromatic rings. The largest absolute Gasteiger partial charge is 0.486 e. The molecule has 13 heteroatoms. The number of alkyl halides is 3. The lowest BCUT2D eigenvalue weighted by Crippen LogP contribution is -2.42. The van der Waals surface area contributed by atoms with Crippen molar-refractivity contribution >= 4 is 27.5 Å². The summed E-state index contributed by atoms with van der Waals surface area (Å²) in [6.45, 7) is 0.825. The zero-order valence-electron chi connectivity index (χ0n) is 19.0. The van der Waals surface area contributed by atoms with E-state index in [2.05, 4.69) is 15.6 Å². The summed E-state index contributed by atoms with van der Waals surface area (Å²) in [7, 11) is -4.32. The number of rotatable bonds is 6. The molecule has 1 aliphatic rings. The van der Waals surface area contributed by atoms with Gasteiger partial charge in [-0.05, 0) is 54.1 Å². The molecule has 0 aromatic heterocycles. The predicted octanol–water partition coefficient (Wildman–Crippen LogP) is 3.28. The first kappa shape index (κ1) is 25.8. The van der Waals surface area contributed by atoms with E-state index in [0.717, 1.165) is 18.2 Å². The Morgan fingerprint density at radius 3 is 2.35 bits per heavy atom. The van der Waals surface area contributed by atoms with E-state index in [1.807, 2.05) is 0 Å². The van der Waals surface area contributed by atoms with Gasteiger partial charge >= 0.3 is 6.18 Å². The van der Waals surface area contributed by atoms with Gasteiger partial charge in [-0.2, -0.15) is 13.2 Å². The first-order valence-electron chi connectivity index (χ1n) is 10.8. The van der Waals surface area contributed by atoms with E-state index in [9.17, 15) is 31.2 Å². The summed E-state index contributed by atoms with van der Waals surface area (Å²) >= 11 is 0. The van der Waals surface area contributed by atoms with Crippen molar-refractivity contribution in [2.45, 2.75) is 17.5 Å². The van der Waals surface area contributed by atoms with Crippen molar-refractivity contribution in [3.05, 3.63) is 83.4 Å². The van der Waals surface area contributed by atoms with Gasteiger partial charge in [0.2, 0.25) is 5.91 Å². The first-order valence-corrected chi connectivity index (χ1v) is 12.3. The van der Waals surface area contributed by atoms with Gasteiger partial charge < -0.3 is 9.47 Å². The Bertz CT molecular complexity index is 1440. The third-order valence-electron chi connectivity index (χ3n) is 5.14. The van der Waals surface area contributed by atoms with Gasteiger partial charge in [0.1, 0.15) is 13.2 Å². The van der Waals surface area contributed by atoms with E-state index in [1.54, 1.807) is 18.2 Å². The van der Waals surface area contributed by atoms with E-state index in [0.29, 0.717) is 36.3 Å². The summed E-state index contributed by atoms with van der Waals surface area (Å²) in [6.07, 6.45) is -4.72. The second kappa shape index (κ2) is 10.4. The molecule has 0 saturated carbocycles. The van der Waals surface area contributed by atoms with E-state index < -0.39 is 33.6 Å². The Labute approximate surface area is 209 Å². The maximum Gasteiger partial charge on any atom is 0.416 e. The Balaban J connectivity index is 1.38. The van der Waals surface area contributed by atoms with Crippen LogP contribution in [0.2, 0.25) is 0 Å². The molecule has 0 saturated heterocycles. The number of hydrogen-bond acceptors (Lipinski definition) is 6. The van der Waals surface area contributed by atoms with Gasteiger partial charge in [-0.15, -0.1) is 0 Å². The number of benzene rings is 3. The van der Waals surface area contributed by atoms with Gasteiger partial charge in [-0.3, -0.25) is 25.2 Å². The topological polar surface area (TPSA) is 123 Å². The molecule has 0 unspecified atom stereocenters. The molecule has 0 atom stereocenters. The maximum absolute atomic E-state index is 12.9. The highest BCUT2D eigenvalue weighted by atomic mass is 32.2. The number of halogens is 3. The standard InChI is InChI=1S/C24H20F3N3O6S/c25-24(26,27)17-4-2-5-18(14-17)30-37(33,34)19-6-1-3-16(13-19)23(32)29-28-22(31)12-15-7-8-20-21(11-15)36-10-9-35-20/h1-8,11,13-14,30H,9-10,12H2,(H,28,31)(H,29,32). The number of carbonyl (C=O) groups is 2. The SMILES string of the molecule is O=C(Cc1ccc2c(c1)OCCO2)NNC(=O)c1cccc(S(=O)(=O)Nc2cccc(C(F)(F)F)c2)c1. The minimum Gasteiger partial charge on any atom is -0.486 e. The van der Waals surface area contributed by atoms with Crippen molar-refractivity contribution in [2.75, 3.05) is 17.9 Å². The highest BCUT2D eigenvalue weighted by molar-refractivity contribution is 7.92. The number of anilines is 1. The molecule has 9 nitrogen and oxygen atoms in total. The number of ether oxygens (including phenoxy) is 2. The molecule has 1 heterocycles. The van der Waals surface area contributed by atoms with Gasteiger partial charge in [0, 0.05) is 11.3 Å². The van der Waals surface area contributed by atoms with Crippen LogP contribution in [0, 0.1) is 0 Å². The Morgan fingerprint density at radius 2 is 1.59 bits per heavy atom. The van der Waals surface area contributed by atoms with Crippen LogP contribution in [0.5, 0.6) is 11.5 Å². The van der Waals surface area contributed by atoms with Crippen molar-refractivity contribution in [2.24, 2.45) is 0 Å². The summed E-state index contributed by atoms with van der Waals surface area (Å²) in [5, 5.41) is 0. The second-order valence-corrected chi connectivity index (χ2v) is 9.55. The minimum atomic E-state index is -4.65. The second-order valence-electron chi connectivity index (χ2n) is 7.87. The molecular formula is C24H20F3N3O6S. The van der Waals surface area contributed by atoms with Crippen molar-refractivity contribution in [3.63, 3.8) is 0 Å². The van der Waals surface area contributed by atoms with Crippen LogP contribution in [0.4, 0.5) is 18.9 Å². The molecule has 3 aromatic carbocycles. The molecule has 0 fully saturated rings. The highest BCUT2D eigenvalue weighted by Crippen LogP contribution is 2.32. The van der Waals surface area contributed by atoms with E-state index >= 15 is 0 Å². The fourth-order valence-corrected chi connectivity index (χ4v) is 4.50. The molecule has 0 aliphatic carbocycles. The van der Waals surface area contributed by atoms with Crippen LogP contribution in [0.1, 0.15) is 21.5 Å². The lowest BCUT2D eigenvalue weighted by atomic mass is 10.1. The number of sulfonamides is 1. The number of carbonyl (C=O) groups excluding carboxylic acids is 2. The molecule has 194 valence electrons. The van der Waals surface area contributed by atoms with Crippen LogP contribution in [-0.4, -0.2) is 33.4 Å². The normalized spacial score (nSPS) is 12.9. The smallest absolute Gasteiger partial charge is 0.416 e. The molecule has 0 spiro atoms. The minimum absolute atomic E-state index is 0.0771. The van der Waals surface area contributed by atoms with Gasteiger partial charge in [-0.1, -0.05) is 18.2 Å². The van der Waals surface area contributed by atoms with E-state index in [4.69, 9.17) is 9.47 Å². The number of hydrazine groups is 1. The van der Waals surface area contributed by atoms with Gasteiger partial charge in [0.25, 0.3) is 15.9 Å². The Kier molecular flexibility index (Phi) is 7.25. The molecular weight excluding hydrogens is 515 g/mol. The van der Waals surface area contributed by atoms with Crippen LogP contribution < -0.4 is 25.0 Å². The lowest BCUT2D eigenvalue weighted by molar-refractivity contribution is -0.137. The predicted molar refractivity (Wildman–Crippen MR) is 125 cm³/mol. The summed E-state index contributed by atoms with van der Waals surface area (Å²) < 4.78 is 77.1. The van der Waals surface area contributed by atoms with E-state index in [1.165, 1.54) is 24.3 Å². The monoisotopic (exact) mass is 535 g/mol. The Hall–Kier alpha value is -4.26. The molecule has 3 N–H and O–H groups in total. The number of hydrogen-bond donors (Lipinski definition) is 3. The fourth-order valence-electron chi connectivity index (χ4n) is 3.40. The Morgan fingerprint density at radius 1 is 0.865 bits per heavy atom. The summed E-state index contributed by atoms with van der Waals surface area (Å²) in [4.78, 5) is 24.4. The van der Waals surface area contributed by atoms with E-state index in [-0.39, 0.29) is 22.6 Å². The van der Waals surface area contributed by atoms with Crippen molar-refractivity contribution < 1.29 is 40.7 Å². The lowest BCUT2D eigenvalue weighted by Gasteiger charge is -2.18. The van der Waals surface area contributed by atoms with Crippen LogP contribution >= 0.6 is 0 Å². The molecule has 37 heavy (non-hydrogen) atoms. The summed E-state index contributed by atoms with van der Waals surface area (Å²) in [5.74, 6) is -0.259. The molecule has 0 radical (unpaired) electrons. The fraction of sp³-hybridized carbons (Fsp3) is 0.167. The van der Waals surface area contributed by atoms with Crippen molar-refractivity contribution in [3.8, 4) is 11.5 Å². The van der Waals surface area contributed by atoms with Crippen LogP contribution in [0.3, 0.4) is 0 Å². The molecule has 0 bridgehead atoms. The third kappa shape index (κ3) is 6.50. The zero-order chi connectivity index (χ0) is 26.6. The number of fused-ring (bicyclic) bond motifs is 1. The third-order valence-corrected chi connectivity index (χ3v) is 6.51. The van der Waals surface area contributed by atoms with Crippen molar-refractivity contribution in [1.82, 2.24) is 10.9 Å². The molecule has 4 rings (SSSR count). The quantitative estimate of drug-likeness (QED) is 0.417. The average Bonchev–Trinajstić information content (AvgIpc) is 2.86. The van der Waals surface area contributed by atoms with Crippen LogP contribution in [0.25, 0.3) is 0 Å². The summed E-state index contributed by atoms with van der Waals surface area (Å²) in [5.41, 5.74) is 3.64. The van der Waals surface area contributed by atoms with Gasteiger partial charge in [0.05, 0.1) is 16.9 Å². The first-order chi connectivity index (χ1) is 17.5. The number of nitrogens with one attached hydrogen (secondary N) is 3. The maximum atomic E-state index is 12.9. The van der Waals surface area contributed by atoms with Crippen molar-refractivity contribution in [1.29, 1.82) is 0 Å². The van der Waals surface area contributed by atoms with Crippen LogP contribution in [0.15, 0.2) is 71.6 Å². The highest BCUT2D eigenvalue weighted by Gasteiger charge is 2.30. The average molecular weight is 536 g/mol. The van der Waals surface area contributed by atoms with Gasteiger partial charge in [0.15, 0.2) is 11.5 Å². The summed E-state index contributed by atoms with van der Waals surface area (Å²) in [6, 6.07) is 13.5. The van der Waals surface area contributed by atoms with Gasteiger partial charge in [-0.25, -0.2) is 8.42 Å². The number of amides is 2. The van der Waals surface area contributed by atoms with Crippen LogP contribution in [-0.2, 0) is 27.4 Å².